The minimum absolute atomic E-state index is 0.0515. The molecule has 1 atom stereocenters. The molecule has 8 heteroatoms. The average molecular weight is 434 g/mol. The van der Waals surface area contributed by atoms with E-state index in [-0.39, 0.29) is 11.5 Å². The molecule has 8 nitrogen and oxygen atoms in total. The number of pyridine rings is 2. The molecular formula is C24H27N5O3. The zero-order valence-corrected chi connectivity index (χ0v) is 18.5. The van der Waals surface area contributed by atoms with E-state index < -0.39 is 6.04 Å². The van der Waals surface area contributed by atoms with Crippen molar-refractivity contribution >= 4 is 23.2 Å². The summed E-state index contributed by atoms with van der Waals surface area (Å²) in [5.41, 5.74) is 5.39. The highest BCUT2D eigenvalue weighted by Gasteiger charge is 2.25. The summed E-state index contributed by atoms with van der Waals surface area (Å²) >= 11 is 0. The summed E-state index contributed by atoms with van der Waals surface area (Å²) in [5.74, 6) is 0.340. The number of fused-ring (bicyclic) bond motifs is 1. The van der Waals surface area contributed by atoms with Crippen LogP contribution in [0.5, 0.6) is 0 Å². The second kappa shape index (κ2) is 9.21. The van der Waals surface area contributed by atoms with Gasteiger partial charge in [0.15, 0.2) is 6.04 Å². The van der Waals surface area contributed by atoms with Crippen LogP contribution in [0, 0.1) is 0 Å². The number of nitrogens with one attached hydrogen (secondary N) is 2. The van der Waals surface area contributed by atoms with Gasteiger partial charge < -0.3 is 19.9 Å². The quantitative estimate of drug-likeness (QED) is 0.753. The van der Waals surface area contributed by atoms with Gasteiger partial charge in [-0.2, -0.15) is 0 Å². The summed E-state index contributed by atoms with van der Waals surface area (Å²) in [5, 5.41) is 2.61. The Balaban J connectivity index is 1.50. The topological polar surface area (TPSA) is 99.7 Å². The number of methoxy groups -OCH3 is 1. The van der Waals surface area contributed by atoms with Crippen LogP contribution in [-0.4, -0.2) is 53.7 Å². The van der Waals surface area contributed by atoms with Crippen LogP contribution in [0.3, 0.4) is 0 Å². The summed E-state index contributed by atoms with van der Waals surface area (Å²) in [6, 6.07) is 3.21. The molecule has 0 bridgehead atoms. The van der Waals surface area contributed by atoms with Crippen molar-refractivity contribution in [2.24, 2.45) is 4.99 Å². The van der Waals surface area contributed by atoms with Gasteiger partial charge in [0, 0.05) is 38.1 Å². The molecule has 0 aliphatic carbocycles. The van der Waals surface area contributed by atoms with Gasteiger partial charge in [-0.3, -0.25) is 19.6 Å². The van der Waals surface area contributed by atoms with Crippen molar-refractivity contribution in [3.63, 3.8) is 0 Å². The fraction of sp³-hybridized carbons (Fsp3) is 0.333. The third-order valence-corrected chi connectivity index (χ3v) is 5.78. The van der Waals surface area contributed by atoms with E-state index in [0.717, 1.165) is 46.3 Å². The lowest BCUT2D eigenvalue weighted by Crippen LogP contribution is -2.34. The minimum Gasteiger partial charge on any atom is -0.498 e. The molecule has 1 amide bonds. The standard InChI is InChI=1S/C24H27N5O3/c1-4-16-10-19-20(28-23(16)30)9-15(12-26-19)14-29-7-5-17(6-8-29)18-11-21(32-3)22(27-13-18)24(31)25-2/h5,7,9-13,22H,4,6,8,14H2,1-3H3,(H,25,31)(H,28,30). The van der Waals surface area contributed by atoms with Gasteiger partial charge in [-0.15, -0.1) is 0 Å². The van der Waals surface area contributed by atoms with E-state index in [0.29, 0.717) is 18.7 Å². The molecule has 0 saturated heterocycles. The number of ether oxygens (including phenoxy) is 1. The van der Waals surface area contributed by atoms with Crippen molar-refractivity contribution in [3.8, 4) is 0 Å². The summed E-state index contributed by atoms with van der Waals surface area (Å²) < 4.78 is 5.39. The van der Waals surface area contributed by atoms with E-state index in [9.17, 15) is 9.59 Å². The number of aliphatic imine (C=N–C) groups is 1. The van der Waals surface area contributed by atoms with Gasteiger partial charge in [0.25, 0.3) is 11.5 Å². The number of aromatic nitrogens is 2. The number of nitrogens with zero attached hydrogens (tertiary/aromatic N) is 3. The number of hydrogen-bond acceptors (Lipinski definition) is 6. The molecule has 0 aromatic carbocycles. The SMILES string of the molecule is CCc1cc2ncc(CN3C=CC(=C4C=NC(C(=O)NC)C(OC)=C4)CC3)cc2[nH]c1=O. The van der Waals surface area contributed by atoms with Crippen molar-refractivity contribution in [1.29, 1.82) is 0 Å². The second-order valence-electron chi connectivity index (χ2n) is 7.82. The fourth-order valence-corrected chi connectivity index (χ4v) is 3.92. The van der Waals surface area contributed by atoms with Crippen LogP contribution >= 0.6 is 0 Å². The van der Waals surface area contributed by atoms with Crippen LogP contribution in [0.2, 0.25) is 0 Å². The van der Waals surface area contributed by atoms with Crippen molar-refractivity contribution in [1.82, 2.24) is 20.2 Å². The Bertz CT molecular complexity index is 1220. The molecule has 0 saturated carbocycles. The molecule has 166 valence electrons. The molecule has 4 heterocycles. The monoisotopic (exact) mass is 433 g/mol. The number of rotatable bonds is 5. The van der Waals surface area contributed by atoms with Gasteiger partial charge in [0.2, 0.25) is 0 Å². The molecule has 0 radical (unpaired) electrons. The van der Waals surface area contributed by atoms with Crippen molar-refractivity contribution in [3.05, 3.63) is 75.1 Å². The maximum atomic E-state index is 12.1. The summed E-state index contributed by atoms with van der Waals surface area (Å²) in [4.78, 5) is 38.1. The van der Waals surface area contributed by atoms with Crippen LogP contribution in [0.25, 0.3) is 11.0 Å². The summed E-state index contributed by atoms with van der Waals surface area (Å²) in [7, 11) is 3.14. The Hall–Kier alpha value is -3.68. The maximum Gasteiger partial charge on any atom is 0.252 e. The third kappa shape index (κ3) is 4.34. The zero-order chi connectivity index (χ0) is 22.7. The van der Waals surface area contributed by atoms with Crippen LogP contribution < -0.4 is 10.9 Å². The lowest BCUT2D eigenvalue weighted by Gasteiger charge is -2.26. The maximum absolute atomic E-state index is 12.1. The Labute approximate surface area is 186 Å². The Morgan fingerprint density at radius 1 is 1.38 bits per heavy atom. The first-order valence-corrected chi connectivity index (χ1v) is 10.7. The highest BCUT2D eigenvalue weighted by molar-refractivity contribution is 5.93. The molecule has 2 N–H and O–H groups in total. The molecular weight excluding hydrogens is 406 g/mol. The number of carbonyl (C=O) groups excluding carboxylic acids is 1. The van der Waals surface area contributed by atoms with Crippen LogP contribution in [0.1, 0.15) is 24.5 Å². The van der Waals surface area contributed by atoms with E-state index in [4.69, 9.17) is 4.74 Å². The first-order chi connectivity index (χ1) is 15.5. The summed E-state index contributed by atoms with van der Waals surface area (Å²) in [6.45, 7) is 3.50. The average Bonchev–Trinajstić information content (AvgIpc) is 2.83. The predicted octanol–water partition coefficient (Wildman–Crippen LogP) is 2.23. The lowest BCUT2D eigenvalue weighted by atomic mass is 9.99. The number of allylic oxidation sites excluding steroid dienone is 3. The smallest absolute Gasteiger partial charge is 0.252 e. The molecule has 4 rings (SSSR count). The predicted molar refractivity (Wildman–Crippen MR) is 124 cm³/mol. The number of aryl methyl sites for hydroxylation is 1. The Morgan fingerprint density at radius 3 is 2.91 bits per heavy atom. The normalized spacial score (nSPS) is 20.4. The molecule has 32 heavy (non-hydrogen) atoms. The first kappa shape index (κ1) is 21.5. The molecule has 0 spiro atoms. The zero-order valence-electron chi connectivity index (χ0n) is 18.5. The third-order valence-electron chi connectivity index (χ3n) is 5.78. The molecule has 2 aromatic heterocycles. The van der Waals surface area contributed by atoms with Crippen LogP contribution in [-0.2, 0) is 22.5 Å². The molecule has 1 unspecified atom stereocenters. The molecule has 2 aliphatic heterocycles. The number of H-pyrrole nitrogens is 1. The van der Waals surface area contributed by atoms with Gasteiger partial charge in [-0.05, 0) is 60.0 Å². The highest BCUT2D eigenvalue weighted by atomic mass is 16.5. The van der Waals surface area contributed by atoms with E-state index in [1.807, 2.05) is 31.3 Å². The van der Waals surface area contributed by atoms with E-state index >= 15 is 0 Å². The lowest BCUT2D eigenvalue weighted by molar-refractivity contribution is -0.121. The number of aromatic amines is 1. The second-order valence-corrected chi connectivity index (χ2v) is 7.82. The van der Waals surface area contributed by atoms with Crippen LogP contribution in [0.4, 0.5) is 0 Å². The van der Waals surface area contributed by atoms with E-state index in [1.54, 1.807) is 20.4 Å². The van der Waals surface area contributed by atoms with E-state index in [1.165, 1.54) is 0 Å². The molecule has 2 aromatic rings. The Kier molecular flexibility index (Phi) is 6.20. The van der Waals surface area contributed by atoms with Crippen molar-refractivity contribution < 1.29 is 9.53 Å². The highest BCUT2D eigenvalue weighted by Crippen LogP contribution is 2.24. The Morgan fingerprint density at radius 2 is 2.22 bits per heavy atom. The number of carbonyl (C=O) groups is 1. The van der Waals surface area contributed by atoms with Crippen molar-refractivity contribution in [2.75, 3.05) is 20.7 Å². The molecule has 0 fully saturated rings. The number of likely N-dealkylation sites (N-methyl/N-ethyl adjacent to an activating group) is 1. The minimum atomic E-state index is -0.640. The number of hydrogen-bond donors (Lipinski definition) is 2. The van der Waals surface area contributed by atoms with Crippen molar-refractivity contribution in [2.45, 2.75) is 32.4 Å². The fourth-order valence-electron chi connectivity index (χ4n) is 3.92. The van der Waals surface area contributed by atoms with Crippen LogP contribution in [0.15, 0.2) is 63.4 Å². The van der Waals surface area contributed by atoms with Gasteiger partial charge in [0.05, 0.1) is 18.1 Å². The largest absolute Gasteiger partial charge is 0.498 e. The van der Waals surface area contributed by atoms with Gasteiger partial charge in [-0.1, -0.05) is 6.92 Å². The van der Waals surface area contributed by atoms with Gasteiger partial charge >= 0.3 is 0 Å². The number of amides is 1. The summed E-state index contributed by atoms with van der Waals surface area (Å²) in [6.07, 6.45) is 11.1. The number of dihydropyridines is 1. The first-order valence-electron chi connectivity index (χ1n) is 10.7. The van der Waals surface area contributed by atoms with E-state index in [2.05, 4.69) is 37.5 Å². The van der Waals surface area contributed by atoms with Gasteiger partial charge in [0.1, 0.15) is 5.76 Å². The molecule has 2 aliphatic rings. The van der Waals surface area contributed by atoms with Gasteiger partial charge in [-0.25, -0.2) is 0 Å².